The number of carbonyl (C=O) groups is 2. The zero-order valence-corrected chi connectivity index (χ0v) is 22.4. The van der Waals surface area contributed by atoms with Crippen LogP contribution in [0.1, 0.15) is 20.7 Å². The summed E-state index contributed by atoms with van der Waals surface area (Å²) in [4.78, 5) is 26.4. The number of anilines is 2. The van der Waals surface area contributed by atoms with Crippen LogP contribution < -0.4 is 29.6 Å². The average Bonchev–Trinajstić information content (AvgIpc) is 3.00. The molecular formula is C30H28N4O6. The van der Waals surface area contributed by atoms with E-state index in [1.807, 2.05) is 18.2 Å². The third kappa shape index (κ3) is 6.54. The second-order valence-corrected chi connectivity index (χ2v) is 8.31. The van der Waals surface area contributed by atoms with Crippen molar-refractivity contribution in [2.45, 2.75) is 0 Å². The van der Waals surface area contributed by atoms with E-state index in [0.29, 0.717) is 51.3 Å². The molecule has 0 aliphatic carbocycles. The number of rotatable bonds is 10. The smallest absolute Gasteiger partial charge is 0.259 e. The molecule has 0 unspecified atom stereocenters. The zero-order valence-electron chi connectivity index (χ0n) is 22.4. The van der Waals surface area contributed by atoms with Crippen molar-refractivity contribution in [3.05, 3.63) is 96.1 Å². The molecule has 40 heavy (non-hydrogen) atoms. The molecule has 0 spiro atoms. The van der Waals surface area contributed by atoms with Crippen molar-refractivity contribution in [1.29, 1.82) is 0 Å². The van der Waals surface area contributed by atoms with Gasteiger partial charge in [0.1, 0.15) is 28.7 Å². The third-order valence-corrected chi connectivity index (χ3v) is 5.84. The number of methoxy groups -OCH3 is 4. The molecule has 10 nitrogen and oxygen atoms in total. The molecule has 0 bridgehead atoms. The van der Waals surface area contributed by atoms with E-state index in [1.165, 1.54) is 28.4 Å². The summed E-state index contributed by atoms with van der Waals surface area (Å²) in [5.41, 5.74) is 2.35. The quantitative estimate of drug-likeness (QED) is 0.218. The first-order valence-electron chi connectivity index (χ1n) is 12.1. The normalized spacial score (nSPS) is 10.6. The number of amides is 2. The fraction of sp³-hybridized carbons (Fsp3) is 0.133. The molecule has 2 N–H and O–H groups in total. The standard InChI is InChI=1S/C30H28N4O6/c1-37-21-11-13-23(27(17-21)39-3)29(35)31-20-10-15-25(34-33-19-8-6-5-7-9-19)26(16-20)32-30(36)24-14-12-22(38-2)18-28(24)40-4/h5-18H,1-4H3,(H,31,35)(H,32,36). The first-order chi connectivity index (χ1) is 19.4. The molecule has 0 heterocycles. The number of hydrogen-bond acceptors (Lipinski definition) is 8. The Balaban J connectivity index is 1.66. The Morgan fingerprint density at radius 2 is 1.18 bits per heavy atom. The molecule has 10 heteroatoms. The van der Waals surface area contributed by atoms with E-state index in [9.17, 15) is 9.59 Å². The van der Waals surface area contributed by atoms with E-state index in [1.54, 1.807) is 66.7 Å². The lowest BCUT2D eigenvalue weighted by molar-refractivity contribution is 0.101. The molecule has 0 saturated carbocycles. The lowest BCUT2D eigenvalue weighted by Gasteiger charge is -2.14. The summed E-state index contributed by atoms with van der Waals surface area (Å²) in [6.07, 6.45) is 0. The van der Waals surface area contributed by atoms with Gasteiger partial charge in [0, 0.05) is 17.8 Å². The van der Waals surface area contributed by atoms with Crippen LogP contribution in [0.15, 0.2) is 95.2 Å². The fourth-order valence-corrected chi connectivity index (χ4v) is 3.77. The van der Waals surface area contributed by atoms with Gasteiger partial charge in [0.15, 0.2) is 0 Å². The van der Waals surface area contributed by atoms with Gasteiger partial charge in [0.25, 0.3) is 11.8 Å². The van der Waals surface area contributed by atoms with Gasteiger partial charge in [-0.15, -0.1) is 5.11 Å². The van der Waals surface area contributed by atoms with Crippen molar-refractivity contribution >= 4 is 34.6 Å². The molecule has 2 amide bonds. The third-order valence-electron chi connectivity index (χ3n) is 5.84. The predicted molar refractivity (Wildman–Crippen MR) is 152 cm³/mol. The Kier molecular flexibility index (Phi) is 8.93. The molecule has 4 aromatic rings. The molecule has 0 radical (unpaired) electrons. The Bertz CT molecular complexity index is 1540. The molecule has 0 atom stereocenters. The highest BCUT2D eigenvalue weighted by Gasteiger charge is 2.18. The minimum atomic E-state index is -0.448. The van der Waals surface area contributed by atoms with Crippen molar-refractivity contribution in [1.82, 2.24) is 0 Å². The SMILES string of the molecule is COc1ccc(C(=O)Nc2ccc(N=Nc3ccccc3)c(NC(=O)c3ccc(OC)cc3OC)c2)c(OC)c1. The summed E-state index contributed by atoms with van der Waals surface area (Å²) in [6, 6.07) is 23.9. The van der Waals surface area contributed by atoms with Gasteiger partial charge < -0.3 is 29.6 Å². The summed E-state index contributed by atoms with van der Waals surface area (Å²) in [7, 11) is 6.00. The van der Waals surface area contributed by atoms with Crippen molar-refractivity contribution in [3.8, 4) is 23.0 Å². The summed E-state index contributed by atoms with van der Waals surface area (Å²) < 4.78 is 21.2. The summed E-state index contributed by atoms with van der Waals surface area (Å²) >= 11 is 0. The number of azo groups is 1. The second-order valence-electron chi connectivity index (χ2n) is 8.31. The maximum absolute atomic E-state index is 13.3. The lowest BCUT2D eigenvalue weighted by Crippen LogP contribution is -2.15. The number of carbonyl (C=O) groups excluding carboxylic acids is 2. The van der Waals surface area contributed by atoms with Crippen LogP contribution in [-0.2, 0) is 0 Å². The van der Waals surface area contributed by atoms with Crippen molar-refractivity contribution < 1.29 is 28.5 Å². The van der Waals surface area contributed by atoms with Gasteiger partial charge in [-0.25, -0.2) is 0 Å². The van der Waals surface area contributed by atoms with Gasteiger partial charge in [-0.3, -0.25) is 9.59 Å². The van der Waals surface area contributed by atoms with E-state index in [0.717, 1.165) is 0 Å². The molecule has 4 rings (SSSR count). The molecule has 0 saturated heterocycles. The first-order valence-corrected chi connectivity index (χ1v) is 12.1. The molecule has 0 aromatic heterocycles. The average molecular weight is 541 g/mol. The Hall–Kier alpha value is -5.38. The van der Waals surface area contributed by atoms with Crippen LogP contribution in [0.3, 0.4) is 0 Å². The highest BCUT2D eigenvalue weighted by Crippen LogP contribution is 2.33. The van der Waals surface area contributed by atoms with Crippen LogP contribution in [-0.4, -0.2) is 40.3 Å². The largest absolute Gasteiger partial charge is 0.497 e. The van der Waals surface area contributed by atoms with Gasteiger partial charge in [0.05, 0.1) is 50.9 Å². The Labute approximate surface area is 231 Å². The fourth-order valence-electron chi connectivity index (χ4n) is 3.77. The minimum absolute atomic E-state index is 0.284. The number of nitrogens with zero attached hydrogens (tertiary/aromatic N) is 2. The van der Waals surface area contributed by atoms with E-state index in [4.69, 9.17) is 18.9 Å². The topological polar surface area (TPSA) is 120 Å². The highest BCUT2D eigenvalue weighted by molar-refractivity contribution is 6.09. The number of nitrogens with one attached hydrogen (secondary N) is 2. The second kappa shape index (κ2) is 12.9. The minimum Gasteiger partial charge on any atom is -0.497 e. The first kappa shape index (κ1) is 27.6. The van der Waals surface area contributed by atoms with Crippen LogP contribution >= 0.6 is 0 Å². The van der Waals surface area contributed by atoms with E-state index < -0.39 is 11.8 Å². The molecule has 0 aliphatic heterocycles. The molecule has 0 fully saturated rings. The summed E-state index contributed by atoms with van der Waals surface area (Å²) in [5, 5.41) is 14.3. The van der Waals surface area contributed by atoms with Gasteiger partial charge in [-0.1, -0.05) is 18.2 Å². The van der Waals surface area contributed by atoms with Crippen molar-refractivity contribution in [2.75, 3.05) is 39.1 Å². The van der Waals surface area contributed by atoms with Crippen molar-refractivity contribution in [3.63, 3.8) is 0 Å². The maximum atomic E-state index is 13.3. The Morgan fingerprint density at radius 1 is 0.600 bits per heavy atom. The van der Waals surface area contributed by atoms with Crippen LogP contribution in [0.25, 0.3) is 0 Å². The zero-order chi connectivity index (χ0) is 28.5. The lowest BCUT2D eigenvalue weighted by atomic mass is 10.1. The van der Waals surface area contributed by atoms with E-state index in [-0.39, 0.29) is 5.56 Å². The van der Waals surface area contributed by atoms with Crippen LogP contribution in [0.5, 0.6) is 23.0 Å². The van der Waals surface area contributed by atoms with Gasteiger partial charge >= 0.3 is 0 Å². The van der Waals surface area contributed by atoms with Crippen LogP contribution in [0.4, 0.5) is 22.7 Å². The van der Waals surface area contributed by atoms with Crippen molar-refractivity contribution in [2.24, 2.45) is 10.2 Å². The highest BCUT2D eigenvalue weighted by atomic mass is 16.5. The molecular weight excluding hydrogens is 512 g/mol. The van der Waals surface area contributed by atoms with E-state index >= 15 is 0 Å². The monoisotopic (exact) mass is 540 g/mol. The van der Waals surface area contributed by atoms with Gasteiger partial charge in [0.2, 0.25) is 0 Å². The molecule has 4 aromatic carbocycles. The van der Waals surface area contributed by atoms with Crippen LogP contribution in [0.2, 0.25) is 0 Å². The predicted octanol–water partition coefficient (Wildman–Crippen LogP) is 6.64. The molecule has 0 aliphatic rings. The maximum Gasteiger partial charge on any atom is 0.259 e. The number of ether oxygens (including phenoxy) is 4. The Morgan fingerprint density at radius 3 is 1.73 bits per heavy atom. The number of benzene rings is 4. The summed E-state index contributed by atoms with van der Waals surface area (Å²) in [6.45, 7) is 0. The number of hydrogen-bond donors (Lipinski definition) is 2. The van der Waals surface area contributed by atoms with E-state index in [2.05, 4.69) is 20.9 Å². The van der Waals surface area contributed by atoms with Crippen LogP contribution in [0, 0.1) is 0 Å². The summed E-state index contributed by atoms with van der Waals surface area (Å²) in [5.74, 6) is 0.929. The van der Waals surface area contributed by atoms with Gasteiger partial charge in [-0.2, -0.15) is 5.11 Å². The van der Waals surface area contributed by atoms with Gasteiger partial charge in [-0.05, 0) is 54.6 Å². The molecule has 204 valence electrons.